The largest absolute Gasteiger partial charge is 0.573 e. The molecule has 0 saturated heterocycles. The highest BCUT2D eigenvalue weighted by atomic mass is 19.4. The van der Waals surface area contributed by atoms with Crippen molar-refractivity contribution in [1.29, 1.82) is 0 Å². The molecule has 3 aromatic rings. The van der Waals surface area contributed by atoms with Crippen LogP contribution in [-0.2, 0) is 0 Å². The summed E-state index contributed by atoms with van der Waals surface area (Å²) in [4.78, 5) is 12.9. The normalized spacial score (nSPS) is 11.1. The lowest BCUT2D eigenvalue weighted by Gasteiger charge is -2.15. The maximum absolute atomic E-state index is 12.6. The molecule has 0 bridgehead atoms. The van der Waals surface area contributed by atoms with Crippen LogP contribution in [-0.4, -0.2) is 27.9 Å². The Hall–Kier alpha value is -3.36. The molecule has 6 nitrogen and oxygen atoms in total. The van der Waals surface area contributed by atoms with Crippen molar-refractivity contribution in [3.8, 4) is 17.1 Å². The van der Waals surface area contributed by atoms with Gasteiger partial charge >= 0.3 is 6.36 Å². The van der Waals surface area contributed by atoms with Gasteiger partial charge in [0.1, 0.15) is 5.82 Å². The highest BCUT2D eigenvalue weighted by Crippen LogP contribution is 2.32. The molecule has 0 spiro atoms. The van der Waals surface area contributed by atoms with Gasteiger partial charge in [-0.05, 0) is 31.2 Å². The molecule has 1 aromatic carbocycles. The van der Waals surface area contributed by atoms with Crippen molar-refractivity contribution in [3.05, 3.63) is 54.7 Å². The van der Waals surface area contributed by atoms with Gasteiger partial charge in [-0.25, -0.2) is 4.98 Å². The van der Waals surface area contributed by atoms with Crippen LogP contribution in [0.2, 0.25) is 0 Å². The Kier molecular flexibility index (Phi) is 5.39. The number of alkyl halides is 3. The Bertz CT molecular complexity index is 903. The van der Waals surface area contributed by atoms with Gasteiger partial charge in [-0.1, -0.05) is 18.2 Å². The van der Waals surface area contributed by atoms with E-state index < -0.39 is 6.36 Å². The molecule has 0 amide bonds. The Morgan fingerprint density at radius 3 is 2.48 bits per heavy atom. The van der Waals surface area contributed by atoms with Crippen LogP contribution in [0.1, 0.15) is 6.92 Å². The van der Waals surface area contributed by atoms with Gasteiger partial charge in [-0.2, -0.15) is 4.98 Å². The number of halogens is 3. The fourth-order valence-electron chi connectivity index (χ4n) is 2.32. The van der Waals surface area contributed by atoms with E-state index in [0.29, 0.717) is 29.7 Å². The molecule has 0 aliphatic heterocycles. The Labute approximate surface area is 153 Å². The summed E-state index contributed by atoms with van der Waals surface area (Å²) in [7, 11) is 0. The number of hydrogen-bond acceptors (Lipinski definition) is 6. The van der Waals surface area contributed by atoms with Crippen LogP contribution in [0.4, 0.5) is 30.6 Å². The molecule has 0 fully saturated rings. The number of aromatic nitrogens is 3. The molecule has 2 heterocycles. The first-order chi connectivity index (χ1) is 12.9. The summed E-state index contributed by atoms with van der Waals surface area (Å²) in [5, 5.41) is 5.86. The number of anilines is 3. The topological polar surface area (TPSA) is 72.0 Å². The number of para-hydroxylation sites is 2. The summed E-state index contributed by atoms with van der Waals surface area (Å²) in [5.74, 6) is 0.283. The molecule has 9 heteroatoms. The molecular formula is C18H16F3N5O. The minimum atomic E-state index is -4.79. The molecule has 27 heavy (non-hydrogen) atoms. The zero-order valence-corrected chi connectivity index (χ0v) is 14.3. The molecule has 2 aromatic heterocycles. The number of rotatable bonds is 6. The SMILES string of the molecule is CCNc1nc(Nc2ccccc2OC(F)(F)F)cc(-c2ccccn2)n1. The number of hydrogen-bond donors (Lipinski definition) is 2. The van der Waals surface area contributed by atoms with E-state index in [1.807, 2.05) is 13.0 Å². The molecule has 3 rings (SSSR count). The van der Waals surface area contributed by atoms with Crippen LogP contribution in [0.15, 0.2) is 54.7 Å². The van der Waals surface area contributed by atoms with E-state index in [1.54, 1.807) is 30.5 Å². The number of ether oxygens (including phenoxy) is 1. The fourth-order valence-corrected chi connectivity index (χ4v) is 2.32. The molecule has 0 unspecified atom stereocenters. The number of pyridine rings is 1. The van der Waals surface area contributed by atoms with Crippen LogP contribution >= 0.6 is 0 Å². The maximum atomic E-state index is 12.6. The number of nitrogens with one attached hydrogen (secondary N) is 2. The second kappa shape index (κ2) is 7.90. The zero-order valence-electron chi connectivity index (χ0n) is 14.3. The molecule has 0 atom stereocenters. The third-order valence-corrected chi connectivity index (χ3v) is 3.36. The van der Waals surface area contributed by atoms with Gasteiger partial charge in [0.2, 0.25) is 5.95 Å². The highest BCUT2D eigenvalue weighted by Gasteiger charge is 2.32. The first-order valence-electron chi connectivity index (χ1n) is 8.11. The van der Waals surface area contributed by atoms with Gasteiger partial charge in [-0.15, -0.1) is 13.2 Å². The summed E-state index contributed by atoms with van der Waals surface area (Å²) in [6.45, 7) is 2.47. The summed E-state index contributed by atoms with van der Waals surface area (Å²) >= 11 is 0. The smallest absolute Gasteiger partial charge is 0.404 e. The van der Waals surface area contributed by atoms with Crippen LogP contribution in [0.25, 0.3) is 11.4 Å². The summed E-state index contributed by atoms with van der Waals surface area (Å²) < 4.78 is 41.9. The fraction of sp³-hybridized carbons (Fsp3) is 0.167. The van der Waals surface area contributed by atoms with E-state index in [-0.39, 0.29) is 11.4 Å². The number of nitrogens with zero attached hydrogens (tertiary/aromatic N) is 3. The minimum Gasteiger partial charge on any atom is -0.404 e. The van der Waals surface area contributed by atoms with Gasteiger partial charge < -0.3 is 15.4 Å². The zero-order chi connectivity index (χ0) is 19.3. The van der Waals surface area contributed by atoms with Gasteiger partial charge in [0.25, 0.3) is 0 Å². The van der Waals surface area contributed by atoms with E-state index in [2.05, 4.69) is 30.3 Å². The molecule has 2 N–H and O–H groups in total. The van der Waals surface area contributed by atoms with Crippen molar-refractivity contribution in [2.24, 2.45) is 0 Å². The van der Waals surface area contributed by atoms with Crippen molar-refractivity contribution in [1.82, 2.24) is 15.0 Å². The molecule has 0 saturated carbocycles. The lowest BCUT2D eigenvalue weighted by molar-refractivity contribution is -0.274. The van der Waals surface area contributed by atoms with E-state index >= 15 is 0 Å². The lowest BCUT2D eigenvalue weighted by atomic mass is 10.2. The van der Waals surface area contributed by atoms with E-state index in [0.717, 1.165) is 0 Å². The summed E-state index contributed by atoms with van der Waals surface area (Å²) in [6, 6.07) is 12.7. The van der Waals surface area contributed by atoms with E-state index in [1.165, 1.54) is 18.2 Å². The monoisotopic (exact) mass is 375 g/mol. The van der Waals surface area contributed by atoms with Crippen molar-refractivity contribution in [2.75, 3.05) is 17.2 Å². The summed E-state index contributed by atoms with van der Waals surface area (Å²) in [5.41, 5.74) is 1.27. The van der Waals surface area contributed by atoms with Crippen LogP contribution in [0.3, 0.4) is 0 Å². The Morgan fingerprint density at radius 2 is 1.78 bits per heavy atom. The average Bonchev–Trinajstić information content (AvgIpc) is 2.63. The second-order valence-corrected chi connectivity index (χ2v) is 5.38. The predicted octanol–water partition coefficient (Wildman–Crippen LogP) is 4.61. The predicted molar refractivity (Wildman–Crippen MR) is 95.8 cm³/mol. The molecular weight excluding hydrogens is 359 g/mol. The molecule has 140 valence electrons. The minimum absolute atomic E-state index is 0.128. The van der Waals surface area contributed by atoms with Crippen molar-refractivity contribution in [2.45, 2.75) is 13.3 Å². The van der Waals surface area contributed by atoms with Crippen LogP contribution in [0, 0.1) is 0 Å². The quantitative estimate of drug-likeness (QED) is 0.655. The van der Waals surface area contributed by atoms with Crippen molar-refractivity contribution < 1.29 is 17.9 Å². The Balaban J connectivity index is 1.96. The highest BCUT2D eigenvalue weighted by molar-refractivity contribution is 5.68. The first kappa shape index (κ1) is 18.4. The standard InChI is InChI=1S/C18H16F3N5O/c1-2-22-17-25-14(12-7-5-6-10-23-12)11-16(26-17)24-13-8-3-4-9-15(13)27-18(19,20)21/h3-11H,2H2,1H3,(H2,22,24,25,26). The average molecular weight is 375 g/mol. The first-order valence-corrected chi connectivity index (χ1v) is 8.11. The third-order valence-electron chi connectivity index (χ3n) is 3.36. The van der Waals surface area contributed by atoms with Crippen molar-refractivity contribution in [3.63, 3.8) is 0 Å². The van der Waals surface area contributed by atoms with E-state index in [9.17, 15) is 13.2 Å². The third kappa shape index (κ3) is 5.06. The van der Waals surface area contributed by atoms with Crippen LogP contribution in [0.5, 0.6) is 5.75 Å². The molecule has 0 aliphatic rings. The molecule has 0 radical (unpaired) electrons. The van der Waals surface area contributed by atoms with Gasteiger partial charge in [0, 0.05) is 18.8 Å². The summed E-state index contributed by atoms with van der Waals surface area (Å²) in [6.07, 6.45) is -3.17. The van der Waals surface area contributed by atoms with E-state index in [4.69, 9.17) is 0 Å². The second-order valence-electron chi connectivity index (χ2n) is 5.38. The van der Waals surface area contributed by atoms with Crippen molar-refractivity contribution >= 4 is 17.5 Å². The number of benzene rings is 1. The molecule has 0 aliphatic carbocycles. The lowest BCUT2D eigenvalue weighted by Crippen LogP contribution is -2.18. The van der Waals surface area contributed by atoms with Gasteiger partial charge in [0.15, 0.2) is 5.75 Å². The Morgan fingerprint density at radius 1 is 1.00 bits per heavy atom. The maximum Gasteiger partial charge on any atom is 0.573 e. The van der Waals surface area contributed by atoms with Gasteiger partial charge in [-0.3, -0.25) is 4.98 Å². The van der Waals surface area contributed by atoms with Gasteiger partial charge in [0.05, 0.1) is 17.1 Å². The van der Waals surface area contributed by atoms with Crippen LogP contribution < -0.4 is 15.4 Å².